The summed E-state index contributed by atoms with van der Waals surface area (Å²) in [5.41, 5.74) is 7.35. The molecule has 0 aliphatic carbocycles. The Morgan fingerprint density at radius 1 is 1.43 bits per heavy atom. The lowest BCUT2D eigenvalue weighted by molar-refractivity contribution is 0.181. The number of fused-ring (bicyclic) bond motifs is 1. The molecule has 1 aromatic rings. The molecule has 2 N–H and O–H groups in total. The van der Waals surface area contributed by atoms with Crippen molar-refractivity contribution in [2.75, 3.05) is 6.61 Å². The summed E-state index contributed by atoms with van der Waals surface area (Å²) in [5.74, 6) is 1.00. The van der Waals surface area contributed by atoms with Crippen LogP contribution >= 0.6 is 0 Å². The lowest BCUT2D eigenvalue weighted by Gasteiger charge is -2.34. The van der Waals surface area contributed by atoms with Crippen LogP contribution in [0.15, 0.2) is 24.3 Å². The standard InChI is InChI=1S/C12H17NO/c1-2-7-12(13)8-10-5-3-4-6-11(10)14-9-12/h3-6H,2,7-9,13H2,1H3. The van der Waals surface area contributed by atoms with Gasteiger partial charge in [-0.15, -0.1) is 0 Å². The van der Waals surface area contributed by atoms with Crippen molar-refractivity contribution >= 4 is 0 Å². The van der Waals surface area contributed by atoms with Gasteiger partial charge in [-0.3, -0.25) is 0 Å². The van der Waals surface area contributed by atoms with Crippen LogP contribution in [0.4, 0.5) is 0 Å². The fourth-order valence-corrected chi connectivity index (χ4v) is 2.10. The summed E-state index contributed by atoms with van der Waals surface area (Å²) < 4.78 is 5.67. The Hall–Kier alpha value is -1.02. The van der Waals surface area contributed by atoms with Crippen LogP contribution in [0.1, 0.15) is 25.3 Å². The van der Waals surface area contributed by atoms with E-state index in [-0.39, 0.29) is 5.54 Å². The summed E-state index contributed by atoms with van der Waals surface area (Å²) in [6.07, 6.45) is 3.08. The van der Waals surface area contributed by atoms with E-state index in [9.17, 15) is 0 Å². The maximum atomic E-state index is 6.26. The van der Waals surface area contributed by atoms with Gasteiger partial charge in [0.25, 0.3) is 0 Å². The zero-order valence-corrected chi connectivity index (χ0v) is 8.62. The number of hydrogen-bond acceptors (Lipinski definition) is 2. The Labute approximate surface area is 85.1 Å². The lowest BCUT2D eigenvalue weighted by atomic mass is 9.86. The molecule has 2 nitrogen and oxygen atoms in total. The summed E-state index contributed by atoms with van der Waals surface area (Å²) in [4.78, 5) is 0. The van der Waals surface area contributed by atoms with Gasteiger partial charge in [0.15, 0.2) is 0 Å². The van der Waals surface area contributed by atoms with Gasteiger partial charge in [0, 0.05) is 0 Å². The molecule has 0 aromatic heterocycles. The average Bonchev–Trinajstić information content (AvgIpc) is 2.17. The molecule has 0 saturated carbocycles. The highest BCUT2D eigenvalue weighted by atomic mass is 16.5. The number of ether oxygens (including phenoxy) is 1. The van der Waals surface area contributed by atoms with Gasteiger partial charge in [0.05, 0.1) is 5.54 Å². The third kappa shape index (κ3) is 1.75. The van der Waals surface area contributed by atoms with E-state index in [2.05, 4.69) is 13.0 Å². The quantitative estimate of drug-likeness (QED) is 0.777. The smallest absolute Gasteiger partial charge is 0.122 e. The van der Waals surface area contributed by atoms with Gasteiger partial charge in [-0.1, -0.05) is 31.5 Å². The molecule has 0 radical (unpaired) electrons. The minimum absolute atomic E-state index is 0.150. The Morgan fingerprint density at radius 3 is 3.00 bits per heavy atom. The van der Waals surface area contributed by atoms with E-state index in [4.69, 9.17) is 10.5 Å². The summed E-state index contributed by atoms with van der Waals surface area (Å²) in [7, 11) is 0. The van der Waals surface area contributed by atoms with Crippen molar-refractivity contribution in [2.45, 2.75) is 31.7 Å². The van der Waals surface area contributed by atoms with Crippen LogP contribution in [0.3, 0.4) is 0 Å². The van der Waals surface area contributed by atoms with E-state index in [1.807, 2.05) is 18.2 Å². The Kier molecular flexibility index (Phi) is 2.46. The van der Waals surface area contributed by atoms with Crippen LogP contribution in [0.2, 0.25) is 0 Å². The zero-order chi connectivity index (χ0) is 10.0. The van der Waals surface area contributed by atoms with E-state index < -0.39 is 0 Å². The fraction of sp³-hybridized carbons (Fsp3) is 0.500. The van der Waals surface area contributed by atoms with Crippen LogP contribution in [-0.4, -0.2) is 12.1 Å². The SMILES string of the molecule is CCCC1(N)COc2ccccc2C1. The van der Waals surface area contributed by atoms with Crippen LogP contribution in [0, 0.1) is 0 Å². The molecule has 2 rings (SSSR count). The predicted octanol–water partition coefficient (Wildman–Crippen LogP) is 2.12. The molecular weight excluding hydrogens is 174 g/mol. The van der Waals surface area contributed by atoms with E-state index >= 15 is 0 Å². The van der Waals surface area contributed by atoms with Crippen LogP contribution in [-0.2, 0) is 6.42 Å². The van der Waals surface area contributed by atoms with Crippen LogP contribution < -0.4 is 10.5 Å². The van der Waals surface area contributed by atoms with Gasteiger partial charge in [-0.25, -0.2) is 0 Å². The zero-order valence-electron chi connectivity index (χ0n) is 8.62. The van der Waals surface area contributed by atoms with Gasteiger partial charge in [-0.2, -0.15) is 0 Å². The molecule has 14 heavy (non-hydrogen) atoms. The van der Waals surface area contributed by atoms with Crippen molar-refractivity contribution in [3.05, 3.63) is 29.8 Å². The number of para-hydroxylation sites is 1. The molecule has 1 aromatic carbocycles. The highest BCUT2D eigenvalue weighted by Gasteiger charge is 2.30. The van der Waals surface area contributed by atoms with Crippen molar-refractivity contribution in [3.63, 3.8) is 0 Å². The number of nitrogens with two attached hydrogens (primary N) is 1. The van der Waals surface area contributed by atoms with Crippen LogP contribution in [0.5, 0.6) is 5.75 Å². The number of rotatable bonds is 2. The van der Waals surface area contributed by atoms with Gasteiger partial charge >= 0.3 is 0 Å². The van der Waals surface area contributed by atoms with Crippen LogP contribution in [0.25, 0.3) is 0 Å². The second-order valence-corrected chi connectivity index (χ2v) is 4.19. The first-order chi connectivity index (χ1) is 6.73. The molecule has 0 bridgehead atoms. The molecule has 1 unspecified atom stereocenters. The molecule has 1 aliphatic rings. The van der Waals surface area contributed by atoms with Gasteiger partial charge in [0.1, 0.15) is 12.4 Å². The normalized spacial score (nSPS) is 25.3. The Bertz CT molecular complexity index is 324. The number of hydrogen-bond donors (Lipinski definition) is 1. The van der Waals surface area contributed by atoms with Crippen molar-refractivity contribution in [1.29, 1.82) is 0 Å². The Morgan fingerprint density at radius 2 is 2.21 bits per heavy atom. The average molecular weight is 191 g/mol. The van der Waals surface area contributed by atoms with Crippen molar-refractivity contribution in [2.24, 2.45) is 5.73 Å². The molecule has 1 atom stereocenters. The first-order valence-corrected chi connectivity index (χ1v) is 5.23. The molecular formula is C12H17NO. The van der Waals surface area contributed by atoms with Gasteiger partial charge in [-0.05, 0) is 24.5 Å². The first kappa shape index (κ1) is 9.53. The summed E-state index contributed by atoms with van der Waals surface area (Å²) in [6, 6.07) is 8.16. The molecule has 0 fully saturated rings. The van der Waals surface area contributed by atoms with E-state index in [0.717, 1.165) is 25.0 Å². The summed E-state index contributed by atoms with van der Waals surface area (Å²) in [6.45, 7) is 2.81. The third-order valence-electron chi connectivity index (χ3n) is 2.78. The largest absolute Gasteiger partial charge is 0.491 e. The van der Waals surface area contributed by atoms with E-state index in [1.165, 1.54) is 5.56 Å². The summed E-state index contributed by atoms with van der Waals surface area (Å²) >= 11 is 0. The monoisotopic (exact) mass is 191 g/mol. The fourth-order valence-electron chi connectivity index (χ4n) is 2.10. The highest BCUT2D eigenvalue weighted by Crippen LogP contribution is 2.29. The minimum Gasteiger partial charge on any atom is -0.491 e. The molecule has 0 amide bonds. The highest BCUT2D eigenvalue weighted by molar-refractivity contribution is 5.36. The molecule has 2 heteroatoms. The lowest BCUT2D eigenvalue weighted by Crippen LogP contribution is -2.49. The molecule has 0 spiro atoms. The second kappa shape index (κ2) is 3.62. The van der Waals surface area contributed by atoms with E-state index in [0.29, 0.717) is 6.61 Å². The first-order valence-electron chi connectivity index (χ1n) is 5.23. The van der Waals surface area contributed by atoms with Crippen molar-refractivity contribution < 1.29 is 4.74 Å². The third-order valence-corrected chi connectivity index (χ3v) is 2.78. The maximum absolute atomic E-state index is 6.26. The number of benzene rings is 1. The van der Waals surface area contributed by atoms with Gasteiger partial charge < -0.3 is 10.5 Å². The molecule has 1 aliphatic heterocycles. The van der Waals surface area contributed by atoms with Gasteiger partial charge in [0.2, 0.25) is 0 Å². The topological polar surface area (TPSA) is 35.2 Å². The Balaban J connectivity index is 2.20. The molecule has 0 saturated heterocycles. The molecule has 76 valence electrons. The van der Waals surface area contributed by atoms with Crippen molar-refractivity contribution in [3.8, 4) is 5.75 Å². The predicted molar refractivity (Wildman–Crippen MR) is 57.5 cm³/mol. The molecule has 1 heterocycles. The minimum atomic E-state index is -0.150. The summed E-state index contributed by atoms with van der Waals surface area (Å²) in [5, 5.41) is 0. The van der Waals surface area contributed by atoms with Crippen molar-refractivity contribution in [1.82, 2.24) is 0 Å². The van der Waals surface area contributed by atoms with E-state index in [1.54, 1.807) is 0 Å². The maximum Gasteiger partial charge on any atom is 0.122 e. The second-order valence-electron chi connectivity index (χ2n) is 4.19.